The van der Waals surface area contributed by atoms with E-state index in [1.807, 2.05) is 24.3 Å². The molecule has 1 amide bonds. The quantitative estimate of drug-likeness (QED) is 0.368. The van der Waals surface area contributed by atoms with Gasteiger partial charge in [0.2, 0.25) is 5.91 Å². The van der Waals surface area contributed by atoms with Crippen molar-refractivity contribution >= 4 is 34.5 Å². The minimum Gasteiger partial charge on any atom is -0.467 e. The summed E-state index contributed by atoms with van der Waals surface area (Å²) >= 11 is 2.20. The molecule has 22 heavy (non-hydrogen) atoms. The number of methoxy groups -OCH3 is 2. The summed E-state index contributed by atoms with van der Waals surface area (Å²) in [5, 5.41) is 2.63. The maximum Gasteiger partial charge on any atom is 0.328 e. The molecule has 0 fully saturated rings. The third kappa shape index (κ3) is 7.19. The van der Waals surface area contributed by atoms with Crippen molar-refractivity contribution < 1.29 is 23.8 Å². The van der Waals surface area contributed by atoms with Crippen LogP contribution in [0.15, 0.2) is 24.3 Å². The summed E-state index contributed by atoms with van der Waals surface area (Å²) in [6.45, 7) is 0.614. The number of halogens is 1. The lowest BCUT2D eigenvalue weighted by molar-refractivity contribution is -0.145. The first-order valence-electron chi connectivity index (χ1n) is 6.75. The molecule has 1 aromatic carbocycles. The van der Waals surface area contributed by atoms with Crippen LogP contribution in [0.25, 0.3) is 0 Å². The number of esters is 1. The smallest absolute Gasteiger partial charge is 0.328 e. The third-order valence-corrected chi connectivity index (χ3v) is 3.49. The molecule has 0 aliphatic rings. The summed E-state index contributed by atoms with van der Waals surface area (Å²) in [6.07, 6.45) is 0.368. The zero-order valence-electron chi connectivity index (χ0n) is 12.6. The van der Waals surface area contributed by atoms with Crippen LogP contribution in [0.5, 0.6) is 0 Å². The highest BCUT2D eigenvalue weighted by Gasteiger charge is 2.22. The van der Waals surface area contributed by atoms with Crippen molar-refractivity contribution in [3.8, 4) is 0 Å². The van der Waals surface area contributed by atoms with Crippen LogP contribution in [0.2, 0.25) is 0 Å². The van der Waals surface area contributed by atoms with Gasteiger partial charge in [0.25, 0.3) is 0 Å². The number of carbonyl (C=O) groups is 2. The Morgan fingerprint density at radius 2 is 2.05 bits per heavy atom. The molecule has 0 saturated heterocycles. The lowest BCUT2D eigenvalue weighted by atomic mass is 10.1. The molecular formula is C15H20INO5. The Hall–Kier alpha value is -1.19. The number of rotatable bonds is 9. The minimum absolute atomic E-state index is 0.122. The van der Waals surface area contributed by atoms with E-state index in [1.165, 1.54) is 7.11 Å². The first-order valence-corrected chi connectivity index (χ1v) is 7.83. The molecule has 0 unspecified atom stereocenters. The molecule has 0 radical (unpaired) electrons. The summed E-state index contributed by atoms with van der Waals surface area (Å²) in [4.78, 5) is 23.6. The Bertz CT molecular complexity index is 495. The highest BCUT2D eigenvalue weighted by Crippen LogP contribution is 2.10. The maximum absolute atomic E-state index is 11.8. The molecule has 0 spiro atoms. The number of ether oxygens (including phenoxy) is 3. The Morgan fingerprint density at radius 3 is 2.68 bits per heavy atom. The molecule has 1 atom stereocenters. The fourth-order valence-corrected chi connectivity index (χ4v) is 2.39. The maximum atomic E-state index is 11.8. The molecule has 1 rings (SSSR count). The van der Waals surface area contributed by atoms with E-state index in [0.29, 0.717) is 19.6 Å². The van der Waals surface area contributed by atoms with Crippen LogP contribution in [-0.2, 0) is 30.2 Å². The van der Waals surface area contributed by atoms with Crippen LogP contribution in [0.3, 0.4) is 0 Å². The number of benzene rings is 1. The summed E-state index contributed by atoms with van der Waals surface area (Å²) in [5.74, 6) is -0.846. The Kier molecular flexibility index (Phi) is 9.02. The lowest BCUT2D eigenvalue weighted by Crippen LogP contribution is -2.44. The van der Waals surface area contributed by atoms with Crippen LogP contribution in [0.1, 0.15) is 5.56 Å². The summed E-state index contributed by atoms with van der Waals surface area (Å²) in [5.41, 5.74) is 0.947. The fourth-order valence-electron chi connectivity index (χ4n) is 1.78. The Morgan fingerprint density at radius 1 is 1.27 bits per heavy atom. The number of carbonyl (C=O) groups excluding carboxylic acids is 2. The molecule has 1 N–H and O–H groups in total. The van der Waals surface area contributed by atoms with Crippen molar-refractivity contribution in [2.45, 2.75) is 12.5 Å². The average Bonchev–Trinajstić information content (AvgIpc) is 2.50. The van der Waals surface area contributed by atoms with Gasteiger partial charge in [-0.15, -0.1) is 0 Å². The van der Waals surface area contributed by atoms with E-state index in [-0.39, 0.29) is 12.5 Å². The molecule has 0 aliphatic carbocycles. The molecule has 0 bridgehead atoms. The second-order valence-electron chi connectivity index (χ2n) is 4.52. The summed E-state index contributed by atoms with van der Waals surface area (Å²) in [6, 6.07) is 6.99. The average molecular weight is 421 g/mol. The fraction of sp³-hybridized carbons (Fsp3) is 0.467. The van der Waals surface area contributed by atoms with Gasteiger partial charge in [0.05, 0.1) is 20.3 Å². The molecular weight excluding hydrogens is 401 g/mol. The van der Waals surface area contributed by atoms with Crippen LogP contribution < -0.4 is 5.32 Å². The van der Waals surface area contributed by atoms with Gasteiger partial charge in [-0.1, -0.05) is 12.1 Å². The zero-order chi connectivity index (χ0) is 16.4. The standard InChI is InChI=1S/C15H20INO5/c1-20-6-7-22-10-14(18)17-13(15(19)21-2)9-11-4-3-5-12(16)8-11/h3-5,8,13H,6-7,9-10H2,1-2H3,(H,17,18)/t13-/m0/s1. The van der Waals surface area contributed by atoms with Gasteiger partial charge in [0.1, 0.15) is 12.6 Å². The predicted octanol–water partition coefficient (Wildman–Crippen LogP) is 1.15. The van der Waals surface area contributed by atoms with Gasteiger partial charge in [0.15, 0.2) is 0 Å². The second kappa shape index (κ2) is 10.5. The molecule has 122 valence electrons. The van der Waals surface area contributed by atoms with Crippen molar-refractivity contribution in [2.75, 3.05) is 34.0 Å². The van der Waals surface area contributed by atoms with E-state index in [4.69, 9.17) is 14.2 Å². The molecule has 7 heteroatoms. The second-order valence-corrected chi connectivity index (χ2v) is 5.77. The number of hydrogen-bond donors (Lipinski definition) is 1. The van der Waals surface area contributed by atoms with Gasteiger partial charge < -0.3 is 19.5 Å². The van der Waals surface area contributed by atoms with E-state index < -0.39 is 12.0 Å². The molecule has 1 aromatic rings. The topological polar surface area (TPSA) is 73.9 Å². The van der Waals surface area contributed by atoms with Gasteiger partial charge in [-0.25, -0.2) is 4.79 Å². The number of amides is 1. The lowest BCUT2D eigenvalue weighted by Gasteiger charge is -2.17. The van der Waals surface area contributed by atoms with Gasteiger partial charge >= 0.3 is 5.97 Å². The van der Waals surface area contributed by atoms with Gasteiger partial charge in [0, 0.05) is 17.1 Å². The van der Waals surface area contributed by atoms with Crippen molar-refractivity contribution in [1.82, 2.24) is 5.32 Å². The van der Waals surface area contributed by atoms with Crippen molar-refractivity contribution in [2.24, 2.45) is 0 Å². The van der Waals surface area contributed by atoms with Crippen molar-refractivity contribution in [1.29, 1.82) is 0 Å². The number of hydrogen-bond acceptors (Lipinski definition) is 5. The first-order chi connectivity index (χ1) is 10.6. The van der Waals surface area contributed by atoms with Gasteiger partial charge in [-0.3, -0.25) is 4.79 Å². The predicted molar refractivity (Wildman–Crippen MR) is 89.5 cm³/mol. The van der Waals surface area contributed by atoms with Gasteiger partial charge in [-0.05, 0) is 40.3 Å². The highest BCUT2D eigenvalue weighted by molar-refractivity contribution is 14.1. The van der Waals surface area contributed by atoms with Crippen LogP contribution in [-0.4, -0.2) is 52.0 Å². The normalized spacial score (nSPS) is 11.8. The third-order valence-electron chi connectivity index (χ3n) is 2.81. The largest absolute Gasteiger partial charge is 0.467 e. The zero-order valence-corrected chi connectivity index (χ0v) is 14.8. The first kappa shape index (κ1) is 18.9. The van der Waals surface area contributed by atoms with Crippen molar-refractivity contribution in [3.63, 3.8) is 0 Å². The molecule has 0 aromatic heterocycles. The van der Waals surface area contributed by atoms with E-state index in [1.54, 1.807) is 7.11 Å². The summed E-state index contributed by atoms with van der Waals surface area (Å²) in [7, 11) is 2.85. The van der Waals surface area contributed by atoms with Gasteiger partial charge in [-0.2, -0.15) is 0 Å². The monoisotopic (exact) mass is 421 g/mol. The molecule has 6 nitrogen and oxygen atoms in total. The molecule has 0 heterocycles. The SMILES string of the molecule is COCCOCC(=O)N[C@@H](Cc1cccc(I)c1)C(=O)OC. The summed E-state index contributed by atoms with van der Waals surface area (Å²) < 4.78 is 15.8. The van der Waals surface area contributed by atoms with Crippen LogP contribution >= 0.6 is 22.6 Å². The Balaban J connectivity index is 2.57. The molecule has 0 saturated carbocycles. The minimum atomic E-state index is -0.735. The molecule has 0 aliphatic heterocycles. The highest BCUT2D eigenvalue weighted by atomic mass is 127. The Labute approximate surface area is 143 Å². The van der Waals surface area contributed by atoms with Crippen LogP contribution in [0.4, 0.5) is 0 Å². The van der Waals surface area contributed by atoms with Crippen molar-refractivity contribution in [3.05, 3.63) is 33.4 Å². The van der Waals surface area contributed by atoms with E-state index in [2.05, 4.69) is 27.9 Å². The van der Waals surface area contributed by atoms with E-state index in [9.17, 15) is 9.59 Å². The number of nitrogens with one attached hydrogen (secondary N) is 1. The van der Waals surface area contributed by atoms with E-state index in [0.717, 1.165) is 9.13 Å². The van der Waals surface area contributed by atoms with E-state index >= 15 is 0 Å². The van der Waals surface area contributed by atoms with Crippen LogP contribution in [0, 0.1) is 3.57 Å².